The zero-order valence-corrected chi connectivity index (χ0v) is 11.6. The van der Waals surface area contributed by atoms with Crippen LogP contribution >= 0.6 is 23.2 Å². The van der Waals surface area contributed by atoms with Crippen LogP contribution in [0.1, 0.15) is 15.9 Å². The number of ether oxygens (including phenoxy) is 1. The van der Waals surface area contributed by atoms with Gasteiger partial charge in [0.2, 0.25) is 0 Å². The molecule has 0 spiro atoms. The van der Waals surface area contributed by atoms with Crippen molar-refractivity contribution in [2.24, 2.45) is 0 Å². The van der Waals surface area contributed by atoms with Crippen LogP contribution in [0.15, 0.2) is 24.4 Å². The highest BCUT2D eigenvalue weighted by Crippen LogP contribution is 2.22. The smallest absolute Gasteiger partial charge is 0.343 e. The Balaban J connectivity index is 2.26. The summed E-state index contributed by atoms with van der Waals surface area (Å²) in [5.41, 5.74) is 6.70. The molecule has 0 amide bonds. The van der Waals surface area contributed by atoms with Gasteiger partial charge in [0.05, 0.1) is 13.7 Å². The number of nitrogens with two attached hydrogens (primary N) is 1. The van der Waals surface area contributed by atoms with E-state index >= 15 is 0 Å². The Labute approximate surface area is 119 Å². The highest BCUT2D eigenvalue weighted by Gasteiger charge is 2.15. The molecule has 7 heteroatoms. The third-order valence-corrected chi connectivity index (χ3v) is 3.13. The van der Waals surface area contributed by atoms with Crippen molar-refractivity contribution >= 4 is 35.0 Å². The lowest BCUT2D eigenvalue weighted by atomic mass is 10.2. The Morgan fingerprint density at radius 1 is 1.47 bits per heavy atom. The van der Waals surface area contributed by atoms with Gasteiger partial charge in [0.15, 0.2) is 5.82 Å². The molecule has 5 nitrogen and oxygen atoms in total. The normalized spacial score (nSPS) is 10.5. The van der Waals surface area contributed by atoms with E-state index in [-0.39, 0.29) is 11.4 Å². The molecule has 0 aliphatic carbocycles. The van der Waals surface area contributed by atoms with Crippen LogP contribution in [0, 0.1) is 0 Å². The molecule has 2 rings (SSSR count). The summed E-state index contributed by atoms with van der Waals surface area (Å²) in [7, 11) is 1.29. The Hall–Kier alpha value is -1.72. The maximum Gasteiger partial charge on any atom is 0.343 e. The standard InChI is InChI=1S/C12H11Cl2N3O2/c1-19-12(18)9-6-17(16-11(9)15)5-7-2-3-8(13)4-10(7)14/h2-4,6H,5H2,1H3,(H2,15,16). The number of methoxy groups -OCH3 is 1. The molecule has 1 aromatic heterocycles. The number of anilines is 1. The molecule has 0 saturated heterocycles. The summed E-state index contributed by atoms with van der Waals surface area (Å²) in [6.45, 7) is 0.386. The molecule has 0 atom stereocenters. The van der Waals surface area contributed by atoms with E-state index in [4.69, 9.17) is 28.9 Å². The van der Waals surface area contributed by atoms with Gasteiger partial charge in [-0.05, 0) is 17.7 Å². The minimum absolute atomic E-state index is 0.122. The summed E-state index contributed by atoms with van der Waals surface area (Å²) >= 11 is 11.9. The molecule has 19 heavy (non-hydrogen) atoms. The van der Waals surface area contributed by atoms with Gasteiger partial charge in [-0.2, -0.15) is 5.10 Å². The number of nitrogens with zero attached hydrogens (tertiary/aromatic N) is 2. The molecule has 0 radical (unpaired) electrons. The van der Waals surface area contributed by atoms with Crippen LogP contribution in [0.5, 0.6) is 0 Å². The van der Waals surface area contributed by atoms with Crippen molar-refractivity contribution in [2.45, 2.75) is 6.54 Å². The number of rotatable bonds is 3. The average Bonchev–Trinajstić information content (AvgIpc) is 2.73. The highest BCUT2D eigenvalue weighted by molar-refractivity contribution is 6.35. The predicted octanol–water partition coefficient (Wildman–Crippen LogP) is 2.61. The molecule has 1 heterocycles. The van der Waals surface area contributed by atoms with Crippen molar-refractivity contribution in [3.8, 4) is 0 Å². The minimum atomic E-state index is -0.522. The molecule has 0 aliphatic heterocycles. The fraction of sp³-hybridized carbons (Fsp3) is 0.167. The van der Waals surface area contributed by atoms with Crippen LogP contribution < -0.4 is 5.73 Å². The van der Waals surface area contributed by atoms with E-state index in [2.05, 4.69) is 9.84 Å². The Morgan fingerprint density at radius 2 is 2.21 bits per heavy atom. The summed E-state index contributed by atoms with van der Waals surface area (Å²) in [4.78, 5) is 11.4. The van der Waals surface area contributed by atoms with Crippen molar-refractivity contribution in [3.05, 3.63) is 45.6 Å². The topological polar surface area (TPSA) is 70.1 Å². The monoisotopic (exact) mass is 299 g/mol. The first kappa shape index (κ1) is 13.7. The lowest BCUT2D eigenvalue weighted by Gasteiger charge is -2.04. The SMILES string of the molecule is COC(=O)c1cn(Cc2ccc(Cl)cc2Cl)nc1N. The van der Waals surface area contributed by atoms with Gasteiger partial charge in [0, 0.05) is 16.2 Å². The number of carbonyl (C=O) groups is 1. The Bertz CT molecular complexity index is 625. The van der Waals surface area contributed by atoms with E-state index in [1.807, 2.05) is 0 Å². The molecule has 100 valence electrons. The van der Waals surface area contributed by atoms with E-state index in [1.54, 1.807) is 18.2 Å². The molecular weight excluding hydrogens is 289 g/mol. The molecule has 2 aromatic rings. The summed E-state index contributed by atoms with van der Waals surface area (Å²) < 4.78 is 6.13. The summed E-state index contributed by atoms with van der Waals surface area (Å²) in [5, 5.41) is 5.13. The second-order valence-electron chi connectivity index (χ2n) is 3.85. The lowest BCUT2D eigenvalue weighted by Crippen LogP contribution is -2.02. The van der Waals surface area contributed by atoms with Gasteiger partial charge in [-0.25, -0.2) is 4.79 Å². The van der Waals surface area contributed by atoms with E-state index in [9.17, 15) is 4.79 Å². The molecule has 0 saturated carbocycles. The number of esters is 1. The van der Waals surface area contributed by atoms with Gasteiger partial charge in [0.25, 0.3) is 0 Å². The molecule has 2 N–H and O–H groups in total. The van der Waals surface area contributed by atoms with Crippen LogP contribution in [-0.2, 0) is 11.3 Å². The Morgan fingerprint density at radius 3 is 2.84 bits per heavy atom. The molecular formula is C12H11Cl2N3O2. The van der Waals surface area contributed by atoms with Crippen LogP contribution in [-0.4, -0.2) is 22.9 Å². The second-order valence-corrected chi connectivity index (χ2v) is 4.70. The summed E-state index contributed by atoms with van der Waals surface area (Å²) in [6.07, 6.45) is 1.52. The number of hydrogen-bond acceptors (Lipinski definition) is 4. The summed E-state index contributed by atoms with van der Waals surface area (Å²) in [5.74, 6) is -0.400. The lowest BCUT2D eigenvalue weighted by molar-refractivity contribution is 0.0602. The van der Waals surface area contributed by atoms with Crippen molar-refractivity contribution < 1.29 is 9.53 Å². The van der Waals surface area contributed by atoms with Crippen molar-refractivity contribution in [3.63, 3.8) is 0 Å². The van der Waals surface area contributed by atoms with Gasteiger partial charge in [-0.3, -0.25) is 4.68 Å². The first-order valence-electron chi connectivity index (χ1n) is 5.36. The quantitative estimate of drug-likeness (QED) is 0.885. The van der Waals surface area contributed by atoms with Crippen LogP contribution in [0.25, 0.3) is 0 Å². The number of hydrogen-bond donors (Lipinski definition) is 1. The zero-order valence-electron chi connectivity index (χ0n) is 10.1. The largest absolute Gasteiger partial charge is 0.465 e. The molecule has 0 unspecified atom stereocenters. The highest BCUT2D eigenvalue weighted by atomic mass is 35.5. The van der Waals surface area contributed by atoms with Crippen molar-refractivity contribution in [2.75, 3.05) is 12.8 Å². The number of halogens is 2. The first-order valence-corrected chi connectivity index (χ1v) is 6.12. The number of aromatic nitrogens is 2. The maximum absolute atomic E-state index is 11.4. The van der Waals surface area contributed by atoms with Crippen LogP contribution in [0.3, 0.4) is 0 Å². The predicted molar refractivity (Wildman–Crippen MR) is 73.5 cm³/mol. The fourth-order valence-electron chi connectivity index (χ4n) is 1.61. The van der Waals surface area contributed by atoms with Gasteiger partial charge in [-0.15, -0.1) is 0 Å². The van der Waals surface area contributed by atoms with Crippen LogP contribution in [0.2, 0.25) is 10.0 Å². The zero-order chi connectivity index (χ0) is 14.0. The second kappa shape index (κ2) is 5.50. The molecule has 0 aliphatic rings. The van der Waals surface area contributed by atoms with Crippen molar-refractivity contribution in [1.82, 2.24) is 9.78 Å². The fourth-order valence-corrected chi connectivity index (χ4v) is 2.08. The van der Waals surface area contributed by atoms with Crippen molar-refractivity contribution in [1.29, 1.82) is 0 Å². The average molecular weight is 300 g/mol. The third-order valence-electron chi connectivity index (χ3n) is 2.54. The number of benzene rings is 1. The molecule has 0 fully saturated rings. The minimum Gasteiger partial charge on any atom is -0.465 e. The summed E-state index contributed by atoms with van der Waals surface area (Å²) in [6, 6.07) is 5.17. The van der Waals surface area contributed by atoms with Gasteiger partial charge < -0.3 is 10.5 Å². The third kappa shape index (κ3) is 3.00. The van der Waals surface area contributed by atoms with E-state index in [0.29, 0.717) is 16.6 Å². The Kier molecular flexibility index (Phi) is 3.97. The maximum atomic E-state index is 11.4. The van der Waals surface area contributed by atoms with Gasteiger partial charge in [0.1, 0.15) is 5.56 Å². The molecule has 0 bridgehead atoms. The number of carbonyl (C=O) groups excluding carboxylic acids is 1. The number of nitrogen functional groups attached to an aromatic ring is 1. The first-order chi connectivity index (χ1) is 9.01. The van der Waals surface area contributed by atoms with E-state index in [1.165, 1.54) is 18.0 Å². The van der Waals surface area contributed by atoms with E-state index < -0.39 is 5.97 Å². The van der Waals surface area contributed by atoms with Gasteiger partial charge in [-0.1, -0.05) is 29.3 Å². The van der Waals surface area contributed by atoms with E-state index in [0.717, 1.165) is 5.56 Å². The van der Waals surface area contributed by atoms with Crippen LogP contribution in [0.4, 0.5) is 5.82 Å². The molecule has 1 aromatic carbocycles. The van der Waals surface area contributed by atoms with Gasteiger partial charge >= 0.3 is 5.97 Å².